The largest absolute Gasteiger partial charge is 0.495 e. The minimum atomic E-state index is -0.219. The lowest BCUT2D eigenvalue weighted by molar-refractivity contribution is -0.114. The van der Waals surface area contributed by atoms with Gasteiger partial charge in [-0.3, -0.25) is 9.59 Å². The first-order valence-electron chi connectivity index (χ1n) is 7.70. The van der Waals surface area contributed by atoms with Gasteiger partial charge in [0.2, 0.25) is 5.91 Å². The van der Waals surface area contributed by atoms with Crippen LogP contribution in [0.1, 0.15) is 46.7 Å². The van der Waals surface area contributed by atoms with Crippen molar-refractivity contribution in [1.82, 2.24) is 4.98 Å². The van der Waals surface area contributed by atoms with E-state index in [-0.39, 0.29) is 11.7 Å². The zero-order chi connectivity index (χ0) is 17.1. The number of rotatable bonds is 6. The summed E-state index contributed by atoms with van der Waals surface area (Å²) in [6.45, 7) is 1.41. The molecule has 1 aliphatic rings. The molecule has 124 valence electrons. The molecule has 0 aliphatic heterocycles. The highest BCUT2D eigenvalue weighted by molar-refractivity contribution is 7.09. The number of nitrogens with one attached hydrogen (secondary N) is 1. The third-order valence-electron chi connectivity index (χ3n) is 3.67. The number of hydrogen-bond donors (Lipinski definition) is 1. The van der Waals surface area contributed by atoms with E-state index in [0.29, 0.717) is 22.9 Å². The van der Waals surface area contributed by atoms with Crippen LogP contribution in [0.4, 0.5) is 5.69 Å². The minimum absolute atomic E-state index is 0.148. The van der Waals surface area contributed by atoms with Crippen molar-refractivity contribution in [1.29, 1.82) is 0 Å². The van der Waals surface area contributed by atoms with Gasteiger partial charge in [-0.25, -0.2) is 4.98 Å². The van der Waals surface area contributed by atoms with Gasteiger partial charge in [-0.2, -0.15) is 0 Å². The van der Waals surface area contributed by atoms with Crippen molar-refractivity contribution in [3.63, 3.8) is 0 Å². The predicted molar refractivity (Wildman–Crippen MR) is 94.8 cm³/mol. The topological polar surface area (TPSA) is 68.3 Å². The number of allylic oxidation sites excluding steroid dienone is 1. The molecule has 3 rings (SSSR count). The molecule has 1 aliphatic carbocycles. The average molecular weight is 342 g/mol. The maximum Gasteiger partial charge on any atom is 0.221 e. The molecule has 1 heterocycles. The fraction of sp³-hybridized carbons (Fsp3) is 0.278. The second-order valence-electron chi connectivity index (χ2n) is 5.68. The van der Waals surface area contributed by atoms with Crippen molar-refractivity contribution in [3.8, 4) is 5.75 Å². The van der Waals surface area contributed by atoms with E-state index < -0.39 is 0 Å². The monoisotopic (exact) mass is 342 g/mol. The van der Waals surface area contributed by atoms with E-state index in [1.54, 1.807) is 35.6 Å². The van der Waals surface area contributed by atoms with E-state index in [9.17, 15) is 9.59 Å². The Hall–Kier alpha value is -2.47. The van der Waals surface area contributed by atoms with Gasteiger partial charge in [0.05, 0.1) is 23.5 Å². The quantitative estimate of drug-likeness (QED) is 0.639. The van der Waals surface area contributed by atoms with E-state index in [1.165, 1.54) is 33.0 Å². The van der Waals surface area contributed by atoms with Gasteiger partial charge in [0.25, 0.3) is 0 Å². The first-order chi connectivity index (χ1) is 11.6. The van der Waals surface area contributed by atoms with Crippen LogP contribution in [0.3, 0.4) is 0 Å². The van der Waals surface area contributed by atoms with Crippen LogP contribution in [0, 0.1) is 0 Å². The van der Waals surface area contributed by atoms with Gasteiger partial charge >= 0.3 is 0 Å². The van der Waals surface area contributed by atoms with Crippen LogP contribution in [-0.2, 0) is 4.79 Å². The van der Waals surface area contributed by atoms with Gasteiger partial charge in [0.15, 0.2) is 5.78 Å². The van der Waals surface area contributed by atoms with Crippen LogP contribution in [0.25, 0.3) is 6.08 Å². The maximum atomic E-state index is 12.3. The van der Waals surface area contributed by atoms with E-state index in [0.717, 1.165) is 10.7 Å². The molecule has 6 heteroatoms. The molecule has 0 saturated heterocycles. The molecule has 2 aromatic rings. The summed E-state index contributed by atoms with van der Waals surface area (Å²) < 4.78 is 5.19. The second-order valence-corrected chi connectivity index (χ2v) is 6.57. The summed E-state index contributed by atoms with van der Waals surface area (Å²) in [5.41, 5.74) is 1.77. The number of ether oxygens (including phenoxy) is 1. The van der Waals surface area contributed by atoms with E-state index in [2.05, 4.69) is 10.3 Å². The Morgan fingerprint density at radius 3 is 2.83 bits per heavy atom. The molecule has 0 radical (unpaired) electrons. The van der Waals surface area contributed by atoms with Gasteiger partial charge in [0, 0.05) is 23.8 Å². The SMILES string of the molecule is COc1ccc(C(=O)C=Cc2csc(C3CC3)n2)cc1NC(C)=O. The lowest BCUT2D eigenvalue weighted by Gasteiger charge is -2.09. The Morgan fingerprint density at radius 1 is 1.38 bits per heavy atom. The zero-order valence-corrected chi connectivity index (χ0v) is 14.4. The molecule has 1 amide bonds. The third kappa shape index (κ3) is 3.89. The standard InChI is InChI=1S/C18H18N2O3S/c1-11(21)19-15-9-13(5-8-17(15)23-2)16(22)7-6-14-10-24-18(20-14)12-3-4-12/h5-10,12H,3-4H2,1-2H3,(H,19,21). The van der Waals surface area contributed by atoms with Gasteiger partial charge in [-0.15, -0.1) is 11.3 Å². The Labute approximate surface area is 144 Å². The van der Waals surface area contributed by atoms with Gasteiger partial charge in [0.1, 0.15) is 5.75 Å². The molecule has 0 unspecified atom stereocenters. The number of carbonyl (C=O) groups is 2. The van der Waals surface area contributed by atoms with Crippen molar-refractivity contribution < 1.29 is 14.3 Å². The number of aromatic nitrogens is 1. The predicted octanol–water partition coefficient (Wildman–Crippen LogP) is 3.88. The number of amides is 1. The fourth-order valence-electron chi connectivity index (χ4n) is 2.30. The molecule has 1 fully saturated rings. The number of methoxy groups -OCH3 is 1. The molecule has 5 nitrogen and oxygen atoms in total. The molecule has 1 aromatic heterocycles. The molecule has 1 aromatic carbocycles. The van der Waals surface area contributed by atoms with Gasteiger partial charge in [-0.05, 0) is 43.2 Å². The van der Waals surface area contributed by atoms with Crippen molar-refractivity contribution in [3.05, 3.63) is 45.9 Å². The number of benzene rings is 1. The van der Waals surface area contributed by atoms with Crippen LogP contribution >= 0.6 is 11.3 Å². The van der Waals surface area contributed by atoms with Crippen LogP contribution in [-0.4, -0.2) is 23.8 Å². The highest BCUT2D eigenvalue weighted by Gasteiger charge is 2.26. The highest BCUT2D eigenvalue weighted by Crippen LogP contribution is 2.41. The normalized spacial score (nSPS) is 13.9. The van der Waals surface area contributed by atoms with E-state index >= 15 is 0 Å². The fourth-order valence-corrected chi connectivity index (χ4v) is 3.26. The lowest BCUT2D eigenvalue weighted by Crippen LogP contribution is -2.08. The van der Waals surface area contributed by atoms with Crippen molar-refractivity contribution in [2.45, 2.75) is 25.7 Å². The first kappa shape index (κ1) is 16.4. The van der Waals surface area contributed by atoms with Gasteiger partial charge < -0.3 is 10.1 Å². The van der Waals surface area contributed by atoms with Crippen molar-refractivity contribution in [2.24, 2.45) is 0 Å². The smallest absolute Gasteiger partial charge is 0.221 e. The Morgan fingerprint density at radius 2 is 2.17 bits per heavy atom. The zero-order valence-electron chi connectivity index (χ0n) is 13.5. The molecule has 0 bridgehead atoms. The van der Waals surface area contributed by atoms with Crippen LogP contribution in [0.15, 0.2) is 29.7 Å². The third-order valence-corrected chi connectivity index (χ3v) is 4.69. The summed E-state index contributed by atoms with van der Waals surface area (Å²) in [5.74, 6) is 0.766. The molecule has 1 N–H and O–H groups in total. The van der Waals surface area contributed by atoms with Crippen molar-refractivity contribution >= 4 is 34.8 Å². The summed E-state index contributed by atoms with van der Waals surface area (Å²) in [5, 5.41) is 5.78. The molecule has 1 saturated carbocycles. The number of hydrogen-bond acceptors (Lipinski definition) is 5. The number of nitrogens with zero attached hydrogens (tertiary/aromatic N) is 1. The molecular formula is C18H18N2O3S. The van der Waals surface area contributed by atoms with Crippen LogP contribution in [0.5, 0.6) is 5.75 Å². The van der Waals surface area contributed by atoms with E-state index in [4.69, 9.17) is 4.74 Å². The highest BCUT2D eigenvalue weighted by atomic mass is 32.1. The maximum absolute atomic E-state index is 12.3. The Bertz CT molecular complexity index is 806. The first-order valence-corrected chi connectivity index (χ1v) is 8.58. The number of carbonyl (C=O) groups excluding carboxylic acids is 2. The average Bonchev–Trinajstić information content (AvgIpc) is 3.30. The number of ketones is 1. The molecule has 0 atom stereocenters. The lowest BCUT2D eigenvalue weighted by atomic mass is 10.1. The summed E-state index contributed by atoms with van der Waals surface area (Å²) >= 11 is 1.64. The summed E-state index contributed by atoms with van der Waals surface area (Å²) in [7, 11) is 1.52. The molecule has 0 spiro atoms. The van der Waals surface area contributed by atoms with Crippen LogP contribution < -0.4 is 10.1 Å². The summed E-state index contributed by atoms with van der Waals surface area (Å²) in [4.78, 5) is 28.1. The number of thiazole rings is 1. The van der Waals surface area contributed by atoms with Crippen LogP contribution in [0.2, 0.25) is 0 Å². The summed E-state index contributed by atoms with van der Waals surface area (Å²) in [6.07, 6.45) is 5.67. The summed E-state index contributed by atoms with van der Waals surface area (Å²) in [6, 6.07) is 4.96. The Balaban J connectivity index is 1.75. The minimum Gasteiger partial charge on any atom is -0.495 e. The van der Waals surface area contributed by atoms with Gasteiger partial charge in [-0.1, -0.05) is 0 Å². The van der Waals surface area contributed by atoms with E-state index in [1.807, 2.05) is 5.38 Å². The molecular weight excluding hydrogens is 324 g/mol. The Kier molecular flexibility index (Phi) is 4.76. The number of anilines is 1. The molecule has 24 heavy (non-hydrogen) atoms. The van der Waals surface area contributed by atoms with Crippen molar-refractivity contribution in [2.75, 3.05) is 12.4 Å². The second kappa shape index (κ2) is 6.97.